The summed E-state index contributed by atoms with van der Waals surface area (Å²) < 4.78 is 69.3. The fourth-order valence-corrected chi connectivity index (χ4v) is 3.58. The zero-order valence-corrected chi connectivity index (χ0v) is 26.2. The summed E-state index contributed by atoms with van der Waals surface area (Å²) in [5.74, 6) is -9.86. The van der Waals surface area contributed by atoms with Crippen LogP contribution in [-0.2, 0) is 30.4 Å². The van der Waals surface area contributed by atoms with Gasteiger partial charge in [-0.3, -0.25) is 24.8 Å². The molecule has 8 N–H and O–H groups in total. The van der Waals surface area contributed by atoms with Crippen LogP contribution in [0.2, 0.25) is 0 Å². The summed E-state index contributed by atoms with van der Waals surface area (Å²) in [5, 5.41) is 42.8. The number of benzene rings is 2. The summed E-state index contributed by atoms with van der Waals surface area (Å²) in [6, 6.07) is 14.0. The van der Waals surface area contributed by atoms with Crippen molar-refractivity contribution in [2.24, 2.45) is 5.73 Å². The highest BCUT2D eigenvalue weighted by Crippen LogP contribution is 2.23. The lowest BCUT2D eigenvalue weighted by atomic mass is 10.0. The third-order valence-corrected chi connectivity index (χ3v) is 6.05. The number of nitrogens with two attached hydrogens (primary N) is 1. The molecular formula is C31H28F6N4O11. The van der Waals surface area contributed by atoms with Crippen molar-refractivity contribution in [3.8, 4) is 16.9 Å². The van der Waals surface area contributed by atoms with E-state index in [0.717, 1.165) is 11.1 Å². The number of amides is 1. The normalized spacial score (nSPS) is 11.3. The fraction of sp³-hybridized carbons (Fsp3) is 0.226. The van der Waals surface area contributed by atoms with Gasteiger partial charge in [0.05, 0.1) is 6.04 Å². The molecule has 0 aliphatic heterocycles. The first-order valence-electron chi connectivity index (χ1n) is 14.0. The Bertz CT molecular complexity index is 1740. The molecule has 1 aromatic heterocycles. The van der Waals surface area contributed by atoms with Gasteiger partial charge in [0, 0.05) is 47.5 Å². The molecular weight excluding hydrogens is 718 g/mol. The molecule has 52 heavy (non-hydrogen) atoms. The predicted molar refractivity (Wildman–Crippen MR) is 164 cm³/mol. The van der Waals surface area contributed by atoms with Gasteiger partial charge in [0.25, 0.3) is 5.91 Å². The van der Waals surface area contributed by atoms with E-state index in [1.54, 1.807) is 36.7 Å². The second-order valence-electron chi connectivity index (χ2n) is 9.98. The first kappa shape index (κ1) is 43.5. The summed E-state index contributed by atoms with van der Waals surface area (Å²) >= 11 is 0. The number of nitrogens with one attached hydrogen (secondary N) is 2. The molecule has 3 rings (SSSR count). The van der Waals surface area contributed by atoms with Crippen molar-refractivity contribution in [1.82, 2.24) is 10.3 Å². The topological polar surface area (TPSA) is 267 Å². The van der Waals surface area contributed by atoms with Gasteiger partial charge >= 0.3 is 36.2 Å². The molecule has 0 aliphatic rings. The van der Waals surface area contributed by atoms with Crippen molar-refractivity contribution < 1.29 is 80.3 Å². The minimum Gasteiger partial charge on any atom is -0.491 e. The van der Waals surface area contributed by atoms with Crippen LogP contribution in [0.4, 0.5) is 26.3 Å². The van der Waals surface area contributed by atoms with Gasteiger partial charge in [0.15, 0.2) is 0 Å². The maximum atomic E-state index is 13.0. The van der Waals surface area contributed by atoms with Crippen molar-refractivity contribution in [1.29, 1.82) is 5.41 Å². The van der Waals surface area contributed by atoms with Gasteiger partial charge < -0.3 is 36.2 Å². The lowest BCUT2D eigenvalue weighted by Crippen LogP contribution is -2.39. The Morgan fingerprint density at radius 3 is 1.88 bits per heavy atom. The van der Waals surface area contributed by atoms with Crippen molar-refractivity contribution in [3.05, 3.63) is 83.7 Å². The first-order valence-corrected chi connectivity index (χ1v) is 14.0. The summed E-state index contributed by atoms with van der Waals surface area (Å²) in [6.45, 7) is -0.184. The van der Waals surface area contributed by atoms with Gasteiger partial charge in [-0.1, -0.05) is 30.3 Å². The number of carbonyl (C=O) groups is 6. The number of hydrogen-bond acceptors (Lipinski definition) is 9. The smallest absolute Gasteiger partial charge is 0.490 e. The van der Waals surface area contributed by atoms with E-state index in [1.807, 2.05) is 12.1 Å². The lowest BCUT2D eigenvalue weighted by molar-refractivity contribution is -0.193. The molecule has 0 unspecified atom stereocenters. The van der Waals surface area contributed by atoms with Crippen LogP contribution in [0.1, 0.15) is 34.3 Å². The summed E-state index contributed by atoms with van der Waals surface area (Å²) in [5.41, 5.74) is 8.01. The maximum absolute atomic E-state index is 13.0. The molecule has 15 nitrogen and oxygen atoms in total. The molecule has 21 heteroatoms. The van der Waals surface area contributed by atoms with E-state index in [4.69, 9.17) is 45.9 Å². The van der Waals surface area contributed by atoms with Gasteiger partial charge in [-0.25, -0.2) is 14.4 Å². The molecule has 2 aromatic carbocycles. The number of aliphatic carboxylic acids is 4. The highest BCUT2D eigenvalue weighted by atomic mass is 19.4. The Morgan fingerprint density at radius 1 is 0.827 bits per heavy atom. The fourth-order valence-electron chi connectivity index (χ4n) is 3.58. The van der Waals surface area contributed by atoms with Gasteiger partial charge in [-0.2, -0.15) is 26.3 Å². The average Bonchev–Trinajstić information content (AvgIpc) is 3.06. The second kappa shape index (κ2) is 19.6. The number of aromatic nitrogens is 1. The number of hydrogen-bond donors (Lipinski definition) is 7. The van der Waals surface area contributed by atoms with E-state index in [0.29, 0.717) is 5.56 Å². The third kappa shape index (κ3) is 15.8. The Kier molecular flexibility index (Phi) is 16.4. The Morgan fingerprint density at radius 2 is 1.40 bits per heavy atom. The number of carboxylic acid groups (broad SMARTS) is 4. The summed E-state index contributed by atoms with van der Waals surface area (Å²) in [6.07, 6.45) is -7.53. The molecule has 1 heterocycles. The second-order valence-corrected chi connectivity index (χ2v) is 9.98. The standard InChI is InChI=1S/C27H26N4O7.2C2HF3O2/c28-25(29)18-7-6-17(12-22(32)27(36)37)23(13-18)38-15-21(8-9-24(33)34)31-26(35)19-4-1-3-16(11-19)20-5-2-10-30-14-20;2*3-2(4,5)1(6)7/h1-7,10-11,13-14,21H,8-9,12,15H2,(H3,28,29)(H,31,35)(H,33,34)(H,36,37);2*(H,6,7)/t21-;;/m1../s1. The Hall–Kier alpha value is -6.54. The number of pyridine rings is 1. The quantitative estimate of drug-likeness (QED) is 0.0572. The van der Waals surface area contributed by atoms with E-state index in [1.165, 1.54) is 18.2 Å². The van der Waals surface area contributed by atoms with E-state index in [9.17, 15) is 45.5 Å². The van der Waals surface area contributed by atoms with Gasteiger partial charge in [0.2, 0.25) is 5.78 Å². The van der Waals surface area contributed by atoms with Gasteiger partial charge in [0.1, 0.15) is 18.2 Å². The van der Waals surface area contributed by atoms with Crippen LogP contribution >= 0.6 is 0 Å². The monoisotopic (exact) mass is 746 g/mol. The molecule has 0 saturated carbocycles. The van der Waals surface area contributed by atoms with Crippen molar-refractivity contribution in [2.45, 2.75) is 37.7 Å². The predicted octanol–water partition coefficient (Wildman–Crippen LogP) is 3.54. The zero-order chi connectivity index (χ0) is 39.8. The number of Topliss-reactive ketones (excluding diaryl/α,β-unsaturated/α-hetero) is 1. The highest BCUT2D eigenvalue weighted by molar-refractivity contribution is 6.33. The number of ketones is 1. The van der Waals surface area contributed by atoms with Gasteiger partial charge in [-0.05, 0) is 36.2 Å². The van der Waals surface area contributed by atoms with Crippen LogP contribution in [0.25, 0.3) is 11.1 Å². The molecule has 1 amide bonds. The molecule has 0 aliphatic carbocycles. The summed E-state index contributed by atoms with van der Waals surface area (Å²) in [7, 11) is 0. The minimum absolute atomic E-state index is 0.0408. The molecule has 0 bridgehead atoms. The van der Waals surface area contributed by atoms with Crippen molar-refractivity contribution >= 4 is 41.4 Å². The number of nitrogen functional groups attached to an aromatic ring is 1. The van der Waals surface area contributed by atoms with Crippen LogP contribution in [0.3, 0.4) is 0 Å². The highest BCUT2D eigenvalue weighted by Gasteiger charge is 2.38. The molecule has 0 saturated heterocycles. The van der Waals surface area contributed by atoms with E-state index < -0.39 is 60.4 Å². The van der Waals surface area contributed by atoms with Crippen LogP contribution < -0.4 is 15.8 Å². The first-order chi connectivity index (χ1) is 24.0. The SMILES string of the molecule is N=C(N)c1ccc(CC(=O)C(=O)O)c(OC[C@@H](CCC(=O)O)NC(=O)c2cccc(-c3cccnc3)c2)c1.O=C(O)C(F)(F)F.O=C(O)C(F)(F)F. The number of halogens is 6. The Labute approximate surface area is 288 Å². The third-order valence-electron chi connectivity index (χ3n) is 6.05. The van der Waals surface area contributed by atoms with Crippen LogP contribution in [-0.4, -0.2) is 91.8 Å². The Balaban J connectivity index is 0.000000812. The van der Waals surface area contributed by atoms with Crippen LogP contribution in [0.5, 0.6) is 5.75 Å². The number of carboxylic acids is 4. The number of nitrogens with zero attached hydrogens (tertiary/aromatic N) is 1. The number of rotatable bonds is 13. The van der Waals surface area contributed by atoms with Crippen LogP contribution in [0, 0.1) is 5.41 Å². The average molecular weight is 747 g/mol. The van der Waals surface area contributed by atoms with Crippen LogP contribution in [0.15, 0.2) is 67.0 Å². The minimum atomic E-state index is -5.08. The largest absolute Gasteiger partial charge is 0.491 e. The van der Waals surface area contributed by atoms with Crippen molar-refractivity contribution in [2.75, 3.05) is 6.61 Å². The number of carbonyl (C=O) groups excluding carboxylic acids is 2. The molecule has 0 spiro atoms. The lowest BCUT2D eigenvalue weighted by Gasteiger charge is -2.20. The van der Waals surface area contributed by atoms with Gasteiger partial charge in [-0.15, -0.1) is 0 Å². The zero-order valence-electron chi connectivity index (χ0n) is 26.2. The number of alkyl halides is 6. The van der Waals surface area contributed by atoms with E-state index in [2.05, 4.69) is 10.3 Å². The van der Waals surface area contributed by atoms with Crippen molar-refractivity contribution in [3.63, 3.8) is 0 Å². The summed E-state index contributed by atoms with van der Waals surface area (Å²) in [4.78, 5) is 68.9. The van der Waals surface area contributed by atoms with E-state index in [-0.39, 0.29) is 42.2 Å². The molecule has 0 radical (unpaired) electrons. The number of ether oxygens (including phenoxy) is 1. The maximum Gasteiger partial charge on any atom is 0.490 e. The molecule has 3 aromatic rings. The molecule has 1 atom stereocenters. The molecule has 280 valence electrons. The van der Waals surface area contributed by atoms with E-state index >= 15 is 0 Å². The number of amidine groups is 1. The molecule has 0 fully saturated rings.